The largest absolute Gasteiger partial charge is 0.462 e. The lowest BCUT2D eigenvalue weighted by Crippen LogP contribution is -2.13. The van der Waals surface area contributed by atoms with Crippen molar-refractivity contribution >= 4 is 11.7 Å². The number of ether oxygens (including phenoxy) is 2. The molecule has 0 aromatic heterocycles. The summed E-state index contributed by atoms with van der Waals surface area (Å²) in [5.41, 5.74) is 0.738. The van der Waals surface area contributed by atoms with Crippen LogP contribution in [0.3, 0.4) is 0 Å². The molecule has 1 aromatic rings. The highest BCUT2D eigenvalue weighted by molar-refractivity contribution is 5.90. The molecule has 0 spiro atoms. The molecule has 0 heterocycles. The van der Waals surface area contributed by atoms with Gasteiger partial charge in [-0.3, -0.25) is 10.1 Å². The summed E-state index contributed by atoms with van der Waals surface area (Å²) in [4.78, 5) is 21.9. The molecule has 0 unspecified atom stereocenters. The maximum atomic E-state index is 11.7. The molecule has 6 nitrogen and oxygen atoms in total. The predicted molar refractivity (Wildman–Crippen MR) is 69.2 cm³/mol. The number of rotatable bonds is 6. The average molecular weight is 267 g/mol. The predicted octanol–water partition coefficient (Wildman–Crippen LogP) is 2.49. The van der Waals surface area contributed by atoms with Gasteiger partial charge in [0.25, 0.3) is 5.69 Å². The Kier molecular flexibility index (Phi) is 5.44. The number of methoxy groups -OCH3 is 1. The van der Waals surface area contributed by atoms with Crippen molar-refractivity contribution in [3.8, 4) is 0 Å². The summed E-state index contributed by atoms with van der Waals surface area (Å²) in [6, 6.07) is 4.16. The summed E-state index contributed by atoms with van der Waals surface area (Å²) in [5, 5.41) is 10.7. The van der Waals surface area contributed by atoms with E-state index in [0.29, 0.717) is 17.5 Å². The van der Waals surface area contributed by atoms with Crippen LogP contribution in [-0.4, -0.2) is 30.7 Å². The fourth-order valence-electron chi connectivity index (χ4n) is 1.51. The van der Waals surface area contributed by atoms with Gasteiger partial charge < -0.3 is 9.47 Å². The van der Waals surface area contributed by atoms with Crippen molar-refractivity contribution in [3.63, 3.8) is 0 Å². The minimum atomic E-state index is -0.485. The molecule has 0 bridgehead atoms. The Morgan fingerprint density at radius 1 is 1.47 bits per heavy atom. The number of hydrogen-bond donors (Lipinski definition) is 0. The Labute approximate surface area is 111 Å². The van der Waals surface area contributed by atoms with Crippen molar-refractivity contribution in [2.45, 2.75) is 26.4 Å². The molecule has 1 atom stereocenters. The molecule has 1 aromatic carbocycles. The maximum Gasteiger partial charge on any atom is 0.338 e. The number of esters is 1. The quantitative estimate of drug-likeness (QED) is 0.449. The minimum absolute atomic E-state index is 0.00967. The number of carbonyl (C=O) groups is 1. The zero-order valence-electron chi connectivity index (χ0n) is 11.2. The van der Waals surface area contributed by atoms with E-state index in [9.17, 15) is 14.9 Å². The van der Waals surface area contributed by atoms with Gasteiger partial charge in [-0.1, -0.05) is 0 Å². The molecule has 0 saturated carbocycles. The molecular weight excluding hydrogens is 250 g/mol. The lowest BCUT2D eigenvalue weighted by Gasteiger charge is -2.09. The van der Waals surface area contributed by atoms with Crippen LogP contribution in [0.1, 0.15) is 29.3 Å². The lowest BCUT2D eigenvalue weighted by atomic mass is 10.1. The normalized spacial score (nSPS) is 11.9. The third kappa shape index (κ3) is 4.33. The van der Waals surface area contributed by atoms with Gasteiger partial charge in [-0.25, -0.2) is 4.79 Å². The Morgan fingerprint density at radius 3 is 2.68 bits per heavy atom. The number of hydrogen-bond acceptors (Lipinski definition) is 5. The summed E-state index contributed by atoms with van der Waals surface area (Å²) in [6.45, 7) is 3.72. The van der Waals surface area contributed by atoms with Crippen LogP contribution in [-0.2, 0) is 9.47 Å². The number of nitro groups is 1. The smallest absolute Gasteiger partial charge is 0.338 e. The van der Waals surface area contributed by atoms with Crippen LogP contribution in [0.2, 0.25) is 0 Å². The van der Waals surface area contributed by atoms with E-state index >= 15 is 0 Å². The molecular formula is C13H17NO5. The second kappa shape index (κ2) is 6.84. The van der Waals surface area contributed by atoms with Crippen LogP contribution >= 0.6 is 0 Å². The summed E-state index contributed by atoms with van der Waals surface area (Å²) >= 11 is 0. The van der Waals surface area contributed by atoms with Crippen molar-refractivity contribution in [3.05, 3.63) is 39.4 Å². The average Bonchev–Trinajstić information content (AvgIpc) is 2.37. The molecule has 0 aliphatic heterocycles. The van der Waals surface area contributed by atoms with Crippen molar-refractivity contribution in [1.29, 1.82) is 0 Å². The maximum absolute atomic E-state index is 11.7. The van der Waals surface area contributed by atoms with Crippen molar-refractivity contribution < 1.29 is 19.2 Å². The molecule has 0 amide bonds. The van der Waals surface area contributed by atoms with E-state index in [1.165, 1.54) is 18.2 Å². The second-order valence-electron chi connectivity index (χ2n) is 4.23. The van der Waals surface area contributed by atoms with Crippen molar-refractivity contribution in [1.82, 2.24) is 0 Å². The highest BCUT2D eigenvalue weighted by atomic mass is 16.6. The van der Waals surface area contributed by atoms with Crippen LogP contribution in [0.25, 0.3) is 0 Å². The Hall–Kier alpha value is -1.95. The number of aryl methyl sites for hydroxylation is 1. The van der Waals surface area contributed by atoms with E-state index in [1.807, 2.05) is 6.92 Å². The summed E-state index contributed by atoms with van der Waals surface area (Å²) in [7, 11) is 1.59. The fraction of sp³-hybridized carbons (Fsp3) is 0.462. The van der Waals surface area contributed by atoms with Crippen LogP contribution in [0.15, 0.2) is 18.2 Å². The molecule has 0 N–H and O–H groups in total. The molecule has 104 valence electrons. The van der Waals surface area contributed by atoms with E-state index in [4.69, 9.17) is 9.47 Å². The fourth-order valence-corrected chi connectivity index (χ4v) is 1.51. The monoisotopic (exact) mass is 267 g/mol. The van der Waals surface area contributed by atoms with Gasteiger partial charge in [0.15, 0.2) is 0 Å². The molecule has 0 aliphatic carbocycles. The van der Waals surface area contributed by atoms with Crippen LogP contribution in [0.5, 0.6) is 0 Å². The zero-order chi connectivity index (χ0) is 14.4. The number of nitrogens with zero attached hydrogens (tertiary/aromatic N) is 1. The van der Waals surface area contributed by atoms with Gasteiger partial charge in [0.2, 0.25) is 0 Å². The summed E-state index contributed by atoms with van der Waals surface area (Å²) in [5.74, 6) is -0.485. The van der Waals surface area contributed by atoms with Crippen molar-refractivity contribution in [2.75, 3.05) is 13.7 Å². The minimum Gasteiger partial charge on any atom is -0.462 e. The number of benzene rings is 1. The van der Waals surface area contributed by atoms with Gasteiger partial charge in [-0.15, -0.1) is 0 Å². The Morgan fingerprint density at radius 2 is 2.16 bits per heavy atom. The van der Waals surface area contributed by atoms with Crippen LogP contribution in [0, 0.1) is 17.0 Å². The first-order valence-corrected chi connectivity index (χ1v) is 5.90. The highest BCUT2D eigenvalue weighted by Crippen LogP contribution is 2.19. The third-order valence-electron chi connectivity index (χ3n) is 2.79. The highest BCUT2D eigenvalue weighted by Gasteiger charge is 2.14. The van der Waals surface area contributed by atoms with E-state index in [-0.39, 0.29) is 18.4 Å². The molecule has 0 radical (unpaired) electrons. The SMILES string of the molecule is CO[C@@H](C)CCOC(=O)c1ccc([N+](=O)[O-])c(C)c1. The molecule has 1 rings (SSSR count). The first-order valence-electron chi connectivity index (χ1n) is 5.90. The number of nitro benzene ring substituents is 1. The number of carbonyl (C=O) groups excluding carboxylic acids is 1. The van der Waals surface area contributed by atoms with Gasteiger partial charge in [-0.2, -0.15) is 0 Å². The first-order chi connectivity index (χ1) is 8.95. The van der Waals surface area contributed by atoms with Gasteiger partial charge in [0, 0.05) is 25.2 Å². The first kappa shape index (κ1) is 15.1. The van der Waals surface area contributed by atoms with Crippen LogP contribution < -0.4 is 0 Å². The molecule has 0 aliphatic rings. The van der Waals surface area contributed by atoms with Gasteiger partial charge in [0.1, 0.15) is 0 Å². The van der Waals surface area contributed by atoms with Gasteiger partial charge >= 0.3 is 5.97 Å². The van der Waals surface area contributed by atoms with Crippen molar-refractivity contribution in [2.24, 2.45) is 0 Å². The third-order valence-corrected chi connectivity index (χ3v) is 2.79. The van der Waals surface area contributed by atoms with Gasteiger partial charge in [0.05, 0.1) is 23.2 Å². The topological polar surface area (TPSA) is 78.7 Å². The van der Waals surface area contributed by atoms with E-state index in [0.717, 1.165) is 0 Å². The molecule has 6 heteroatoms. The summed E-state index contributed by atoms with van der Waals surface area (Å²) in [6.07, 6.45) is 0.625. The van der Waals surface area contributed by atoms with Crippen LogP contribution in [0.4, 0.5) is 5.69 Å². The Balaban J connectivity index is 2.63. The standard InChI is InChI=1S/C13H17NO5/c1-9-8-11(4-5-12(9)14(16)17)13(15)19-7-6-10(2)18-3/h4-5,8,10H,6-7H2,1-3H3/t10-/m0/s1. The zero-order valence-corrected chi connectivity index (χ0v) is 11.2. The molecule has 19 heavy (non-hydrogen) atoms. The molecule has 0 saturated heterocycles. The van der Waals surface area contributed by atoms with E-state index in [2.05, 4.69) is 0 Å². The molecule has 0 fully saturated rings. The van der Waals surface area contributed by atoms with Gasteiger partial charge in [-0.05, 0) is 26.0 Å². The van der Waals surface area contributed by atoms with E-state index < -0.39 is 10.9 Å². The lowest BCUT2D eigenvalue weighted by molar-refractivity contribution is -0.385. The Bertz CT molecular complexity index is 472. The second-order valence-corrected chi connectivity index (χ2v) is 4.23. The summed E-state index contributed by atoms with van der Waals surface area (Å²) < 4.78 is 10.1. The van der Waals surface area contributed by atoms with E-state index in [1.54, 1.807) is 14.0 Å².